The van der Waals surface area contributed by atoms with Crippen molar-refractivity contribution in [2.45, 2.75) is 84.0 Å². The van der Waals surface area contributed by atoms with Crippen molar-refractivity contribution in [1.82, 2.24) is 9.13 Å². The minimum atomic E-state index is -2.23. The van der Waals surface area contributed by atoms with E-state index in [2.05, 4.69) is 163 Å². The second-order valence-corrected chi connectivity index (χ2v) is 30.3. The van der Waals surface area contributed by atoms with Gasteiger partial charge in [-0.05, 0) is 178 Å². The van der Waals surface area contributed by atoms with Crippen LogP contribution in [-0.4, -0.2) is 15.8 Å². The van der Waals surface area contributed by atoms with Crippen LogP contribution >= 0.6 is 0 Å². The monoisotopic (exact) mass is 1330 g/mol. The molecule has 3 aliphatic rings. The van der Waals surface area contributed by atoms with Crippen molar-refractivity contribution in [2.75, 3.05) is 4.90 Å². The molecule has 4 heterocycles. The van der Waals surface area contributed by atoms with Crippen LogP contribution in [0.25, 0.3) is 99.5 Å². The molecule has 4 nitrogen and oxygen atoms in total. The molecule has 16 aromatic rings. The van der Waals surface area contributed by atoms with Crippen LogP contribution in [0.5, 0.6) is 11.5 Å². The number of aromatic nitrogens is 2. The molecule has 5 heteroatoms. The SMILES string of the molecule is [2H]c1c([2H])c([2H])c(C2(c3c([2H])c([2H])c([2H])c([2H])c3[2H])c3ccccc3-c3cccc(-c4ccc5c(c4)Oc4cc(-n6c7c([2H])c([2H])c([2H])c([2H])c7c7c([2H])c([2H])c([2H])c([2H])c76)cc6c4B5c4ccc(-n5c7ccc(C(C)(C)C)cc7c7cc(C(C)(C)C)ccc75)cc4N6c4c(-c5ccccc5)cc(C(C)(C)C)cc4-c4ccccc4)c32)c([2H])c1[2H]. The predicted molar refractivity (Wildman–Crippen MR) is 431 cm³/mol. The third-order valence-electron chi connectivity index (χ3n) is 21.3. The van der Waals surface area contributed by atoms with E-state index in [9.17, 15) is 19.2 Å². The molecule has 0 unspecified atom stereocenters. The molecule has 0 fully saturated rings. The van der Waals surface area contributed by atoms with Crippen molar-refractivity contribution in [2.24, 2.45) is 0 Å². The number of benzene rings is 14. The van der Waals surface area contributed by atoms with Gasteiger partial charge in [-0.15, -0.1) is 0 Å². The summed E-state index contributed by atoms with van der Waals surface area (Å²) in [6, 6.07) is 55.7. The van der Waals surface area contributed by atoms with Crippen molar-refractivity contribution in [3.05, 3.63) is 348 Å². The van der Waals surface area contributed by atoms with Gasteiger partial charge in [-0.3, -0.25) is 0 Å². The topological polar surface area (TPSA) is 22.3 Å². The fourth-order valence-electron chi connectivity index (χ4n) is 16.4. The van der Waals surface area contributed by atoms with E-state index in [1.165, 1.54) is 4.57 Å². The molecule has 0 amide bonds. The van der Waals surface area contributed by atoms with Gasteiger partial charge in [0.1, 0.15) is 11.5 Å². The quantitative estimate of drug-likeness (QED) is 0.142. The zero-order valence-corrected chi connectivity index (χ0v) is 57.9. The van der Waals surface area contributed by atoms with E-state index in [4.69, 9.17) is 10.2 Å². The summed E-state index contributed by atoms with van der Waals surface area (Å²) < 4.78 is 183. The molecular weight excluding hydrogens is 1230 g/mol. The van der Waals surface area contributed by atoms with E-state index in [1.807, 2.05) is 84.9 Å². The lowest BCUT2D eigenvalue weighted by molar-refractivity contribution is 0.487. The molecule has 19 rings (SSSR count). The summed E-state index contributed by atoms with van der Waals surface area (Å²) in [5.41, 5.74) is 12.3. The highest BCUT2D eigenvalue weighted by molar-refractivity contribution is 6.99. The Bertz CT molecular complexity index is 6920. The highest BCUT2D eigenvalue weighted by Crippen LogP contribution is 2.60. The van der Waals surface area contributed by atoms with Gasteiger partial charge in [-0.2, -0.15) is 0 Å². The maximum atomic E-state index is 9.98. The first-order chi connectivity index (χ1) is 57.0. The third kappa shape index (κ3) is 9.29. The van der Waals surface area contributed by atoms with Crippen molar-refractivity contribution in [3.8, 4) is 67.4 Å². The zero-order valence-electron chi connectivity index (χ0n) is 75.9. The summed E-state index contributed by atoms with van der Waals surface area (Å²) in [5, 5.41) is 1.89. The Morgan fingerprint density at radius 2 is 0.863 bits per heavy atom. The standard InChI is InChI=1S/C97H78BN3O/c1-94(2,3)66-46-51-85-78(54-66)79-55-67(95(4,5)6)47-52-86(79)99(85)69-48-50-81-87(58-69)101(93-76(61-29-14-10-15-30-61)56-68(96(7,8)9)57-77(93)62-31-16-11-17-32-62)88-59-70(100-83-43-26-23-38-73(83)74-39-24-27-44-84(74)100)60-90-92(88)98(81)82-49-45-63(53-89(82)102-90)71-40-28-41-75-72-37-22-25-42-80(72)97(91(71)75,64-33-18-12-19-34-64)65-35-20-13-21-36-65/h10-60H,1-9H3/i12D,13D,18D,19D,20D,21D,23D,24D,26D,27D,33D,34D,35D,36D,38D,39D,43D,44D. The first-order valence-electron chi connectivity index (χ1n) is 43.7. The van der Waals surface area contributed by atoms with Gasteiger partial charge in [0.05, 0.1) is 63.5 Å². The van der Waals surface area contributed by atoms with E-state index >= 15 is 0 Å². The van der Waals surface area contributed by atoms with Gasteiger partial charge in [0, 0.05) is 55.8 Å². The summed E-state index contributed by atoms with van der Waals surface area (Å²) in [4.78, 5) is 2.28. The average Bonchev–Trinajstić information content (AvgIpc) is 1.38. The molecule has 0 N–H and O–H groups in total. The summed E-state index contributed by atoms with van der Waals surface area (Å²) in [7, 11) is 0. The van der Waals surface area contributed by atoms with Crippen LogP contribution in [0.2, 0.25) is 0 Å². The van der Waals surface area contributed by atoms with Gasteiger partial charge in [0.2, 0.25) is 0 Å². The summed E-state index contributed by atoms with van der Waals surface area (Å²) in [6.45, 7) is 19.1. The number of rotatable bonds is 8. The molecule has 0 saturated heterocycles. The van der Waals surface area contributed by atoms with Gasteiger partial charge in [-0.25, -0.2) is 0 Å². The molecule has 0 saturated carbocycles. The highest BCUT2D eigenvalue weighted by atomic mass is 16.5. The second-order valence-electron chi connectivity index (χ2n) is 30.3. The normalized spacial score (nSPS) is 16.1. The molecule has 0 atom stereocenters. The molecule has 0 bridgehead atoms. The molecule has 102 heavy (non-hydrogen) atoms. The Balaban J connectivity index is 0.977. The Morgan fingerprint density at radius 1 is 0.353 bits per heavy atom. The minimum Gasteiger partial charge on any atom is -0.458 e. The molecule has 1 aliphatic carbocycles. The van der Waals surface area contributed by atoms with E-state index < -0.39 is 126 Å². The predicted octanol–water partition coefficient (Wildman–Crippen LogP) is 23.5. The van der Waals surface area contributed by atoms with Crippen LogP contribution in [0, 0.1) is 0 Å². The summed E-state index contributed by atoms with van der Waals surface area (Å²) >= 11 is 0. The lowest BCUT2D eigenvalue weighted by Crippen LogP contribution is -2.59. The number of para-hydroxylation sites is 2. The van der Waals surface area contributed by atoms with Crippen LogP contribution < -0.4 is 26.0 Å². The largest absolute Gasteiger partial charge is 0.458 e. The van der Waals surface area contributed by atoms with E-state index in [-0.39, 0.29) is 60.8 Å². The Morgan fingerprint density at radius 3 is 1.45 bits per heavy atom. The van der Waals surface area contributed by atoms with Gasteiger partial charge < -0.3 is 18.8 Å². The molecule has 2 aliphatic heterocycles. The smallest absolute Gasteiger partial charge is 0.256 e. The number of anilines is 3. The van der Waals surface area contributed by atoms with Crippen LogP contribution in [0.15, 0.2) is 309 Å². The van der Waals surface area contributed by atoms with Crippen LogP contribution in [0.4, 0.5) is 17.1 Å². The van der Waals surface area contributed by atoms with Crippen molar-refractivity contribution in [3.63, 3.8) is 0 Å². The molecule has 2 aromatic heterocycles. The lowest BCUT2D eigenvalue weighted by atomic mass is 9.34. The molecule has 0 spiro atoms. The van der Waals surface area contributed by atoms with Crippen molar-refractivity contribution >= 4 is 83.8 Å². The van der Waals surface area contributed by atoms with Gasteiger partial charge in [-0.1, -0.05) is 292 Å². The fourth-order valence-corrected chi connectivity index (χ4v) is 16.4. The average molecular weight is 1330 g/mol. The molecular formula is C97H78BN3O. The summed E-state index contributed by atoms with van der Waals surface area (Å²) in [6.07, 6.45) is 0. The molecule has 0 radical (unpaired) electrons. The van der Waals surface area contributed by atoms with Gasteiger partial charge >= 0.3 is 0 Å². The Kier molecular flexibility index (Phi) is 10.0. The van der Waals surface area contributed by atoms with Crippen LogP contribution in [0.1, 0.15) is 126 Å². The van der Waals surface area contributed by atoms with Gasteiger partial charge in [0.15, 0.2) is 0 Å². The van der Waals surface area contributed by atoms with Crippen LogP contribution in [-0.2, 0) is 21.7 Å². The second kappa shape index (κ2) is 22.7. The zero-order chi connectivity index (χ0) is 84.8. The number of hydrogen-bond donors (Lipinski definition) is 0. The minimum absolute atomic E-state index is 0.115. The molecule has 14 aromatic carbocycles. The summed E-state index contributed by atoms with van der Waals surface area (Å²) in [5.74, 6) is 0.538. The number of nitrogens with zero attached hydrogens (tertiary/aromatic N) is 3. The number of fused-ring (bicyclic) bond motifs is 13. The molecule has 490 valence electrons. The van der Waals surface area contributed by atoms with Crippen molar-refractivity contribution < 1.29 is 29.4 Å². The first kappa shape index (κ1) is 45.2. The number of ether oxygens (including phenoxy) is 1. The lowest BCUT2D eigenvalue weighted by Gasteiger charge is -2.42. The third-order valence-corrected chi connectivity index (χ3v) is 21.3. The van der Waals surface area contributed by atoms with Gasteiger partial charge in [0.25, 0.3) is 6.71 Å². The Labute approximate surface area is 623 Å². The highest BCUT2D eigenvalue weighted by Gasteiger charge is 2.49. The number of hydrogen-bond acceptors (Lipinski definition) is 2. The van der Waals surface area contributed by atoms with Crippen LogP contribution in [0.3, 0.4) is 0 Å². The van der Waals surface area contributed by atoms with E-state index in [0.29, 0.717) is 55.9 Å². The first-order valence-corrected chi connectivity index (χ1v) is 34.7. The van der Waals surface area contributed by atoms with Crippen molar-refractivity contribution in [1.29, 1.82) is 0 Å². The maximum Gasteiger partial charge on any atom is 0.256 e. The fraction of sp³-hybridized carbons (Fsp3) is 0.134. The van der Waals surface area contributed by atoms with E-state index in [0.717, 1.165) is 77.6 Å². The van der Waals surface area contributed by atoms with E-state index in [1.54, 1.807) is 24.3 Å². The maximum absolute atomic E-state index is 9.98. The Hall–Kier alpha value is -11.7.